The summed E-state index contributed by atoms with van der Waals surface area (Å²) < 4.78 is 6.23. The van der Waals surface area contributed by atoms with Gasteiger partial charge in [-0.3, -0.25) is 4.79 Å². The minimum atomic E-state index is -0.127. The highest BCUT2D eigenvalue weighted by atomic mass is 79.9. The van der Waals surface area contributed by atoms with E-state index in [0.29, 0.717) is 18.8 Å². The summed E-state index contributed by atoms with van der Waals surface area (Å²) in [6, 6.07) is 7.36. The zero-order chi connectivity index (χ0) is 12.7. The zero-order valence-corrected chi connectivity index (χ0v) is 11.3. The summed E-state index contributed by atoms with van der Waals surface area (Å²) in [6.45, 7) is 2.73. The standard InChI is InChI=1S/C12H16BrNO3/c1-2-14(7-8-15)12(16)9-17-11-6-4-3-5-10(11)13/h3-6,15H,2,7-9H2,1H3. The minimum absolute atomic E-state index is 0.0174. The van der Waals surface area contributed by atoms with Crippen LogP contribution >= 0.6 is 15.9 Å². The lowest BCUT2D eigenvalue weighted by atomic mass is 10.3. The van der Waals surface area contributed by atoms with Gasteiger partial charge in [-0.1, -0.05) is 12.1 Å². The first-order chi connectivity index (χ1) is 8.19. The number of para-hydroxylation sites is 1. The van der Waals surface area contributed by atoms with Crippen molar-refractivity contribution in [2.75, 3.05) is 26.3 Å². The van der Waals surface area contributed by atoms with Gasteiger partial charge in [0, 0.05) is 13.1 Å². The fourth-order valence-corrected chi connectivity index (χ4v) is 1.77. The number of hydrogen-bond acceptors (Lipinski definition) is 3. The Labute approximate surface area is 109 Å². The van der Waals surface area contributed by atoms with Crippen LogP contribution in [0.25, 0.3) is 0 Å². The minimum Gasteiger partial charge on any atom is -0.483 e. The molecule has 5 heteroatoms. The van der Waals surface area contributed by atoms with E-state index in [4.69, 9.17) is 9.84 Å². The Morgan fingerprint density at radius 3 is 2.76 bits per heavy atom. The lowest BCUT2D eigenvalue weighted by Crippen LogP contribution is -2.36. The summed E-state index contributed by atoms with van der Waals surface area (Å²) in [4.78, 5) is 13.3. The molecule has 4 nitrogen and oxygen atoms in total. The summed E-state index contributed by atoms with van der Waals surface area (Å²) in [5.41, 5.74) is 0. The molecule has 0 aliphatic heterocycles. The average molecular weight is 302 g/mol. The summed E-state index contributed by atoms with van der Waals surface area (Å²) in [5.74, 6) is 0.512. The molecule has 0 aliphatic carbocycles. The molecular formula is C12H16BrNO3. The highest BCUT2D eigenvalue weighted by Gasteiger charge is 2.12. The Balaban J connectivity index is 2.50. The van der Waals surface area contributed by atoms with Crippen molar-refractivity contribution in [2.45, 2.75) is 6.92 Å². The van der Waals surface area contributed by atoms with Gasteiger partial charge >= 0.3 is 0 Å². The molecule has 0 heterocycles. The van der Waals surface area contributed by atoms with Crippen molar-refractivity contribution in [3.8, 4) is 5.75 Å². The highest BCUT2D eigenvalue weighted by molar-refractivity contribution is 9.10. The van der Waals surface area contributed by atoms with Gasteiger partial charge in [-0.2, -0.15) is 0 Å². The second-order valence-electron chi connectivity index (χ2n) is 3.42. The molecule has 0 saturated carbocycles. The van der Waals surface area contributed by atoms with Crippen LogP contribution in [0, 0.1) is 0 Å². The maximum absolute atomic E-state index is 11.7. The third-order valence-electron chi connectivity index (χ3n) is 2.29. The van der Waals surface area contributed by atoms with Gasteiger partial charge in [-0.05, 0) is 35.0 Å². The fourth-order valence-electron chi connectivity index (χ4n) is 1.37. The molecule has 0 unspecified atom stereocenters. The van der Waals surface area contributed by atoms with Crippen LogP contribution in [0.2, 0.25) is 0 Å². The van der Waals surface area contributed by atoms with Gasteiger partial charge in [0.05, 0.1) is 11.1 Å². The number of likely N-dealkylation sites (N-methyl/N-ethyl adjacent to an activating group) is 1. The van der Waals surface area contributed by atoms with Crippen molar-refractivity contribution in [2.24, 2.45) is 0 Å². The zero-order valence-electron chi connectivity index (χ0n) is 9.73. The van der Waals surface area contributed by atoms with Crippen LogP contribution in [-0.2, 0) is 4.79 Å². The quantitative estimate of drug-likeness (QED) is 0.869. The van der Waals surface area contributed by atoms with E-state index in [0.717, 1.165) is 4.47 Å². The molecule has 1 N–H and O–H groups in total. The maximum atomic E-state index is 11.7. The summed E-state index contributed by atoms with van der Waals surface area (Å²) in [5, 5.41) is 8.80. The Bertz CT molecular complexity index is 371. The van der Waals surface area contributed by atoms with Crippen molar-refractivity contribution in [1.29, 1.82) is 0 Å². The number of ether oxygens (including phenoxy) is 1. The second kappa shape index (κ2) is 7.29. The van der Waals surface area contributed by atoms with E-state index in [2.05, 4.69) is 15.9 Å². The van der Waals surface area contributed by atoms with Gasteiger partial charge in [-0.15, -0.1) is 0 Å². The number of hydrogen-bond donors (Lipinski definition) is 1. The maximum Gasteiger partial charge on any atom is 0.260 e. The fraction of sp³-hybridized carbons (Fsp3) is 0.417. The van der Waals surface area contributed by atoms with E-state index >= 15 is 0 Å². The van der Waals surface area contributed by atoms with Gasteiger partial charge in [0.2, 0.25) is 0 Å². The number of aliphatic hydroxyl groups is 1. The number of carbonyl (C=O) groups is 1. The van der Waals surface area contributed by atoms with Crippen molar-refractivity contribution < 1.29 is 14.6 Å². The van der Waals surface area contributed by atoms with Gasteiger partial charge in [0.25, 0.3) is 5.91 Å². The Morgan fingerprint density at radius 2 is 2.18 bits per heavy atom. The van der Waals surface area contributed by atoms with Crippen LogP contribution in [0.15, 0.2) is 28.7 Å². The number of nitrogens with zero attached hydrogens (tertiary/aromatic N) is 1. The van der Waals surface area contributed by atoms with Gasteiger partial charge < -0.3 is 14.7 Å². The molecule has 0 radical (unpaired) electrons. The van der Waals surface area contributed by atoms with Crippen LogP contribution in [-0.4, -0.2) is 42.2 Å². The van der Waals surface area contributed by atoms with Gasteiger partial charge in [0.1, 0.15) is 5.75 Å². The number of rotatable bonds is 6. The predicted octanol–water partition coefficient (Wildman–Crippen LogP) is 1.67. The summed E-state index contributed by atoms with van der Waals surface area (Å²) in [7, 11) is 0. The number of carbonyl (C=O) groups excluding carboxylic acids is 1. The molecule has 1 aromatic rings. The normalized spacial score (nSPS) is 10.1. The third-order valence-corrected chi connectivity index (χ3v) is 2.95. The van der Waals surface area contributed by atoms with Gasteiger partial charge in [-0.25, -0.2) is 0 Å². The van der Waals surface area contributed by atoms with E-state index in [-0.39, 0.29) is 19.1 Å². The van der Waals surface area contributed by atoms with Crippen LogP contribution in [0.5, 0.6) is 5.75 Å². The molecule has 0 atom stereocenters. The first-order valence-corrected chi connectivity index (χ1v) is 6.24. The Morgan fingerprint density at radius 1 is 1.47 bits per heavy atom. The monoisotopic (exact) mass is 301 g/mol. The Kier molecular flexibility index (Phi) is 6.00. The van der Waals surface area contributed by atoms with Gasteiger partial charge in [0.15, 0.2) is 6.61 Å². The lowest BCUT2D eigenvalue weighted by molar-refractivity contribution is -0.133. The lowest BCUT2D eigenvalue weighted by Gasteiger charge is -2.19. The van der Waals surface area contributed by atoms with Crippen LogP contribution in [0.3, 0.4) is 0 Å². The molecule has 0 aromatic heterocycles. The Hall–Kier alpha value is -1.07. The SMILES string of the molecule is CCN(CCO)C(=O)COc1ccccc1Br. The van der Waals surface area contributed by atoms with E-state index in [1.165, 1.54) is 0 Å². The average Bonchev–Trinajstić information content (AvgIpc) is 2.34. The van der Waals surface area contributed by atoms with E-state index in [1.807, 2.05) is 25.1 Å². The first-order valence-electron chi connectivity index (χ1n) is 5.45. The molecule has 0 fully saturated rings. The third kappa shape index (κ3) is 4.36. The number of benzene rings is 1. The first kappa shape index (κ1) is 14.0. The molecule has 1 aromatic carbocycles. The molecule has 1 rings (SSSR count). The largest absolute Gasteiger partial charge is 0.483 e. The number of amides is 1. The molecule has 94 valence electrons. The van der Waals surface area contributed by atoms with E-state index < -0.39 is 0 Å². The highest BCUT2D eigenvalue weighted by Crippen LogP contribution is 2.23. The number of halogens is 1. The summed E-state index contributed by atoms with van der Waals surface area (Å²) in [6.07, 6.45) is 0. The molecule has 0 saturated heterocycles. The van der Waals surface area contributed by atoms with E-state index in [9.17, 15) is 4.79 Å². The topological polar surface area (TPSA) is 49.8 Å². The molecule has 17 heavy (non-hydrogen) atoms. The second-order valence-corrected chi connectivity index (χ2v) is 4.27. The van der Waals surface area contributed by atoms with Crippen molar-refractivity contribution in [3.05, 3.63) is 28.7 Å². The van der Waals surface area contributed by atoms with Crippen molar-refractivity contribution in [3.63, 3.8) is 0 Å². The van der Waals surface area contributed by atoms with Crippen LogP contribution < -0.4 is 4.74 Å². The number of aliphatic hydroxyl groups excluding tert-OH is 1. The molecule has 1 amide bonds. The van der Waals surface area contributed by atoms with Crippen LogP contribution in [0.4, 0.5) is 0 Å². The van der Waals surface area contributed by atoms with Crippen molar-refractivity contribution in [1.82, 2.24) is 4.90 Å². The summed E-state index contributed by atoms with van der Waals surface area (Å²) >= 11 is 3.34. The molecule has 0 aliphatic rings. The molecule has 0 spiro atoms. The van der Waals surface area contributed by atoms with Crippen molar-refractivity contribution >= 4 is 21.8 Å². The smallest absolute Gasteiger partial charge is 0.260 e. The van der Waals surface area contributed by atoms with E-state index in [1.54, 1.807) is 11.0 Å². The molecule has 0 bridgehead atoms. The predicted molar refractivity (Wildman–Crippen MR) is 69.0 cm³/mol. The molecular weight excluding hydrogens is 286 g/mol. The van der Waals surface area contributed by atoms with Crippen LogP contribution in [0.1, 0.15) is 6.92 Å².